The molecule has 6 nitrogen and oxygen atoms in total. The van der Waals surface area contributed by atoms with Crippen molar-refractivity contribution in [3.05, 3.63) is 59.4 Å². The first kappa shape index (κ1) is 18.1. The molecule has 1 aromatic heterocycles. The van der Waals surface area contributed by atoms with E-state index in [4.69, 9.17) is 0 Å². The van der Waals surface area contributed by atoms with E-state index in [1.165, 1.54) is 0 Å². The molecular weight excluding hydrogens is 328 g/mol. The SMILES string of the molecule is Cc1ccc(C)c(S(=O)(=O)NC[C@H](Cc2ccccn2)C(=O)O)c1. The maximum atomic E-state index is 12.5. The van der Waals surface area contributed by atoms with Gasteiger partial charge in [0.1, 0.15) is 0 Å². The van der Waals surface area contributed by atoms with Gasteiger partial charge in [-0.1, -0.05) is 18.2 Å². The first-order chi connectivity index (χ1) is 11.3. The smallest absolute Gasteiger partial charge is 0.308 e. The molecule has 0 unspecified atom stereocenters. The number of benzene rings is 1. The van der Waals surface area contributed by atoms with Crippen LogP contribution in [0.1, 0.15) is 16.8 Å². The quantitative estimate of drug-likeness (QED) is 0.797. The van der Waals surface area contributed by atoms with Crippen molar-refractivity contribution in [2.45, 2.75) is 25.2 Å². The summed E-state index contributed by atoms with van der Waals surface area (Å²) in [5.74, 6) is -1.95. The average Bonchev–Trinajstić information content (AvgIpc) is 2.54. The summed E-state index contributed by atoms with van der Waals surface area (Å²) in [6.07, 6.45) is 1.74. The second-order valence-corrected chi connectivity index (χ2v) is 7.42. The third-order valence-electron chi connectivity index (χ3n) is 3.68. The summed E-state index contributed by atoms with van der Waals surface area (Å²) in [5, 5.41) is 9.34. The second-order valence-electron chi connectivity index (χ2n) is 5.68. The predicted octanol–water partition coefficient (Wildman–Crippen LogP) is 1.92. The minimum absolute atomic E-state index is 0.158. The van der Waals surface area contributed by atoms with Crippen LogP contribution < -0.4 is 4.72 Å². The van der Waals surface area contributed by atoms with Crippen LogP contribution in [0.2, 0.25) is 0 Å². The lowest BCUT2D eigenvalue weighted by molar-refractivity contribution is -0.141. The minimum Gasteiger partial charge on any atom is -0.481 e. The van der Waals surface area contributed by atoms with Gasteiger partial charge in [-0.2, -0.15) is 0 Å². The van der Waals surface area contributed by atoms with Crippen LogP contribution in [0.25, 0.3) is 0 Å². The molecule has 128 valence electrons. The highest BCUT2D eigenvalue weighted by Gasteiger charge is 2.23. The van der Waals surface area contributed by atoms with E-state index in [1.54, 1.807) is 50.4 Å². The standard InChI is InChI=1S/C17H20N2O4S/c1-12-6-7-13(2)16(9-12)24(22,23)19-11-14(17(20)21)10-15-5-3-4-8-18-15/h3-9,14,19H,10-11H2,1-2H3,(H,20,21)/t14-/m0/s1. The number of sulfonamides is 1. The number of aromatic nitrogens is 1. The molecule has 1 atom stereocenters. The highest BCUT2D eigenvalue weighted by atomic mass is 32.2. The van der Waals surface area contributed by atoms with Crippen LogP contribution in [-0.2, 0) is 21.2 Å². The number of aliphatic carboxylic acids is 1. The Hall–Kier alpha value is -2.25. The largest absolute Gasteiger partial charge is 0.481 e. The molecule has 0 aliphatic heterocycles. The van der Waals surface area contributed by atoms with Crippen LogP contribution in [-0.4, -0.2) is 31.0 Å². The zero-order chi connectivity index (χ0) is 17.7. The van der Waals surface area contributed by atoms with Crippen molar-refractivity contribution in [1.82, 2.24) is 9.71 Å². The van der Waals surface area contributed by atoms with Gasteiger partial charge in [0.05, 0.1) is 10.8 Å². The lowest BCUT2D eigenvalue weighted by Gasteiger charge is -2.14. The Kier molecular flexibility index (Phi) is 5.69. The van der Waals surface area contributed by atoms with Crippen molar-refractivity contribution in [3.63, 3.8) is 0 Å². The van der Waals surface area contributed by atoms with Gasteiger partial charge >= 0.3 is 5.97 Å². The van der Waals surface area contributed by atoms with Crippen LogP contribution in [0, 0.1) is 19.8 Å². The highest BCUT2D eigenvalue weighted by Crippen LogP contribution is 2.17. The molecule has 0 amide bonds. The van der Waals surface area contributed by atoms with Crippen molar-refractivity contribution in [3.8, 4) is 0 Å². The molecule has 2 rings (SSSR count). The van der Waals surface area contributed by atoms with Gasteiger partial charge in [0.2, 0.25) is 10.0 Å². The van der Waals surface area contributed by atoms with Gasteiger partial charge in [-0.15, -0.1) is 0 Å². The number of hydrogen-bond donors (Lipinski definition) is 2. The number of rotatable bonds is 7. The minimum atomic E-state index is -3.77. The van der Waals surface area contributed by atoms with Crippen molar-refractivity contribution in [2.24, 2.45) is 5.92 Å². The number of carboxylic acid groups (broad SMARTS) is 1. The molecule has 2 N–H and O–H groups in total. The van der Waals surface area contributed by atoms with Crippen LogP contribution in [0.15, 0.2) is 47.5 Å². The van der Waals surface area contributed by atoms with E-state index >= 15 is 0 Å². The van der Waals surface area contributed by atoms with Crippen LogP contribution >= 0.6 is 0 Å². The van der Waals surface area contributed by atoms with Crippen LogP contribution in [0.3, 0.4) is 0 Å². The van der Waals surface area contributed by atoms with Crippen LogP contribution in [0.5, 0.6) is 0 Å². The summed E-state index contributed by atoms with van der Waals surface area (Å²) < 4.78 is 27.3. The molecule has 0 aliphatic rings. The Morgan fingerprint density at radius 3 is 2.62 bits per heavy atom. The number of hydrogen-bond acceptors (Lipinski definition) is 4. The molecule has 0 fully saturated rings. The van der Waals surface area contributed by atoms with Crippen LogP contribution in [0.4, 0.5) is 0 Å². The average molecular weight is 348 g/mol. The first-order valence-electron chi connectivity index (χ1n) is 7.49. The lowest BCUT2D eigenvalue weighted by Crippen LogP contribution is -2.34. The van der Waals surface area contributed by atoms with E-state index in [9.17, 15) is 18.3 Å². The molecule has 0 spiro atoms. The zero-order valence-corrected chi connectivity index (χ0v) is 14.4. The van der Waals surface area contributed by atoms with Gasteiger partial charge in [-0.05, 0) is 43.2 Å². The fourth-order valence-corrected chi connectivity index (χ4v) is 3.71. The van der Waals surface area contributed by atoms with E-state index in [0.29, 0.717) is 11.3 Å². The molecule has 0 radical (unpaired) electrons. The monoisotopic (exact) mass is 348 g/mol. The number of nitrogens with zero attached hydrogens (tertiary/aromatic N) is 1. The van der Waals surface area contributed by atoms with Gasteiger partial charge in [0.15, 0.2) is 0 Å². The Morgan fingerprint density at radius 2 is 2.00 bits per heavy atom. The fourth-order valence-electron chi connectivity index (χ4n) is 2.30. The summed E-state index contributed by atoms with van der Waals surface area (Å²) in [6, 6.07) is 10.4. The zero-order valence-electron chi connectivity index (χ0n) is 13.6. The Labute approximate surface area is 141 Å². The molecule has 1 heterocycles. The van der Waals surface area contributed by atoms with Gasteiger partial charge in [0.25, 0.3) is 0 Å². The van der Waals surface area contributed by atoms with Crippen molar-refractivity contribution in [2.75, 3.05) is 6.54 Å². The number of nitrogens with one attached hydrogen (secondary N) is 1. The molecule has 24 heavy (non-hydrogen) atoms. The Balaban J connectivity index is 2.13. The molecule has 1 aromatic carbocycles. The maximum absolute atomic E-state index is 12.5. The van der Waals surface area contributed by atoms with Crippen molar-refractivity contribution < 1.29 is 18.3 Å². The van der Waals surface area contributed by atoms with Gasteiger partial charge in [-0.3, -0.25) is 9.78 Å². The van der Waals surface area contributed by atoms with E-state index in [0.717, 1.165) is 5.56 Å². The summed E-state index contributed by atoms with van der Waals surface area (Å²) in [6.45, 7) is 3.32. The van der Waals surface area contributed by atoms with Gasteiger partial charge in [0, 0.05) is 24.9 Å². The molecule has 2 aromatic rings. The normalized spacial score (nSPS) is 12.8. The molecule has 0 bridgehead atoms. The van der Waals surface area contributed by atoms with E-state index < -0.39 is 21.9 Å². The lowest BCUT2D eigenvalue weighted by atomic mass is 10.0. The maximum Gasteiger partial charge on any atom is 0.308 e. The Bertz CT molecular complexity index is 820. The third kappa shape index (κ3) is 4.62. The number of pyridine rings is 1. The highest BCUT2D eigenvalue weighted by molar-refractivity contribution is 7.89. The topological polar surface area (TPSA) is 96.4 Å². The first-order valence-corrected chi connectivity index (χ1v) is 8.97. The summed E-state index contributed by atoms with van der Waals surface area (Å²) in [4.78, 5) is 15.7. The molecule has 7 heteroatoms. The summed E-state index contributed by atoms with van der Waals surface area (Å²) in [7, 11) is -3.77. The van der Waals surface area contributed by atoms with Gasteiger partial charge < -0.3 is 5.11 Å². The Morgan fingerprint density at radius 1 is 1.25 bits per heavy atom. The fraction of sp³-hybridized carbons (Fsp3) is 0.294. The van der Waals surface area contributed by atoms with Crippen molar-refractivity contribution >= 4 is 16.0 Å². The summed E-state index contributed by atoms with van der Waals surface area (Å²) in [5.41, 5.74) is 2.05. The predicted molar refractivity (Wildman–Crippen MR) is 90.2 cm³/mol. The molecule has 0 aliphatic carbocycles. The molecule has 0 saturated heterocycles. The van der Waals surface area contributed by atoms with Gasteiger partial charge in [-0.25, -0.2) is 13.1 Å². The van der Waals surface area contributed by atoms with Crippen molar-refractivity contribution in [1.29, 1.82) is 0 Å². The third-order valence-corrected chi connectivity index (χ3v) is 5.25. The van der Waals surface area contributed by atoms with E-state index in [-0.39, 0.29) is 17.9 Å². The molecular formula is C17H20N2O4S. The van der Waals surface area contributed by atoms with E-state index in [1.807, 2.05) is 6.07 Å². The number of aryl methyl sites for hydroxylation is 2. The summed E-state index contributed by atoms with van der Waals surface area (Å²) >= 11 is 0. The number of carbonyl (C=O) groups is 1. The molecule has 0 saturated carbocycles. The number of carboxylic acids is 1. The van der Waals surface area contributed by atoms with E-state index in [2.05, 4.69) is 9.71 Å². The second kappa shape index (κ2) is 7.55.